The first-order valence-corrected chi connectivity index (χ1v) is 10.9. The van der Waals surface area contributed by atoms with Crippen LogP contribution in [0.3, 0.4) is 0 Å². The van der Waals surface area contributed by atoms with Gasteiger partial charge in [-0.3, -0.25) is 19.1 Å². The number of amides is 1. The van der Waals surface area contributed by atoms with Gasteiger partial charge in [-0.1, -0.05) is 27.2 Å². The Labute approximate surface area is 169 Å². The Balaban J connectivity index is 1.84. The molecule has 0 aliphatic heterocycles. The van der Waals surface area contributed by atoms with Gasteiger partial charge in [-0.15, -0.1) is 0 Å². The zero-order chi connectivity index (χ0) is 20.7. The second-order valence-electron chi connectivity index (χ2n) is 8.86. The van der Waals surface area contributed by atoms with Crippen molar-refractivity contribution >= 4 is 16.9 Å². The van der Waals surface area contributed by atoms with Gasteiger partial charge in [-0.25, -0.2) is 9.78 Å². The Morgan fingerprint density at radius 3 is 2.52 bits per heavy atom. The molecule has 0 aromatic carbocycles. The first kappa shape index (κ1) is 19.9. The molecule has 0 spiro atoms. The van der Waals surface area contributed by atoms with Gasteiger partial charge < -0.3 is 5.32 Å². The third kappa shape index (κ3) is 3.74. The predicted octanol–water partition coefficient (Wildman–Crippen LogP) is 2.93. The summed E-state index contributed by atoms with van der Waals surface area (Å²) in [6.07, 6.45) is 6.15. The summed E-state index contributed by atoms with van der Waals surface area (Å²) in [5, 5.41) is 3.42. The highest BCUT2D eigenvalue weighted by atomic mass is 16.2. The van der Waals surface area contributed by atoms with Crippen molar-refractivity contribution in [1.29, 1.82) is 0 Å². The summed E-state index contributed by atoms with van der Waals surface area (Å²) in [6, 6.07) is 1.85. The third-order valence-corrected chi connectivity index (χ3v) is 6.50. The third-order valence-electron chi connectivity index (χ3n) is 6.50. The van der Waals surface area contributed by atoms with Crippen LogP contribution in [-0.2, 0) is 6.54 Å². The van der Waals surface area contributed by atoms with E-state index in [9.17, 15) is 14.4 Å². The maximum atomic E-state index is 13.3. The Morgan fingerprint density at radius 2 is 1.90 bits per heavy atom. The largest absolute Gasteiger partial charge is 0.349 e. The van der Waals surface area contributed by atoms with Crippen molar-refractivity contribution in [2.75, 3.05) is 0 Å². The Kier molecular flexibility index (Phi) is 5.32. The van der Waals surface area contributed by atoms with Crippen LogP contribution in [0.2, 0.25) is 0 Å². The van der Waals surface area contributed by atoms with E-state index in [-0.39, 0.29) is 17.3 Å². The number of aryl methyl sites for hydroxylation is 1. The Morgan fingerprint density at radius 1 is 1.21 bits per heavy atom. The highest BCUT2D eigenvalue weighted by Gasteiger charge is 2.32. The lowest BCUT2D eigenvalue weighted by atomic mass is 9.78. The summed E-state index contributed by atoms with van der Waals surface area (Å²) < 4.78 is 1.49. The van der Waals surface area contributed by atoms with Crippen LogP contribution >= 0.6 is 0 Å². The van der Waals surface area contributed by atoms with Gasteiger partial charge in [-0.05, 0) is 50.0 Å². The fraction of sp³-hybridized carbons (Fsp3) is 0.636. The van der Waals surface area contributed by atoms with E-state index in [0.29, 0.717) is 35.5 Å². The monoisotopic (exact) mass is 398 g/mol. The van der Waals surface area contributed by atoms with Crippen LogP contribution in [-0.4, -0.2) is 26.5 Å². The van der Waals surface area contributed by atoms with Crippen LogP contribution in [0.4, 0.5) is 0 Å². The molecule has 2 aliphatic rings. The number of pyridine rings is 1. The van der Waals surface area contributed by atoms with Crippen molar-refractivity contribution < 1.29 is 4.79 Å². The molecule has 2 fully saturated rings. The molecule has 0 radical (unpaired) electrons. The van der Waals surface area contributed by atoms with Crippen molar-refractivity contribution in [1.82, 2.24) is 19.9 Å². The second-order valence-corrected chi connectivity index (χ2v) is 8.86. The van der Waals surface area contributed by atoms with Gasteiger partial charge in [0.1, 0.15) is 0 Å². The summed E-state index contributed by atoms with van der Waals surface area (Å²) in [5.74, 6) is 0.866. The fourth-order valence-electron chi connectivity index (χ4n) is 4.69. The van der Waals surface area contributed by atoms with Crippen molar-refractivity contribution in [3.63, 3.8) is 0 Å². The molecule has 156 valence electrons. The maximum Gasteiger partial charge on any atom is 0.329 e. The van der Waals surface area contributed by atoms with E-state index >= 15 is 0 Å². The van der Waals surface area contributed by atoms with Gasteiger partial charge >= 0.3 is 5.69 Å². The minimum Gasteiger partial charge on any atom is -0.349 e. The van der Waals surface area contributed by atoms with Gasteiger partial charge in [-0.2, -0.15) is 0 Å². The van der Waals surface area contributed by atoms with E-state index in [1.54, 1.807) is 6.07 Å². The molecular formula is C22H30N4O3. The number of carbonyl (C=O) groups excluding carboxylic acids is 1. The standard InChI is InChI=1S/C22H30N4O3/c1-4-10-26-19-17(21(28)25-22(26)29)15(11-16(23-19)14-8-9-14)20(27)24-18-12(2)6-5-7-13(18)3/h11-14,18H,4-10H2,1-3H3,(H,24,27)(H,25,28,29). The fourth-order valence-corrected chi connectivity index (χ4v) is 4.69. The number of hydrogen-bond acceptors (Lipinski definition) is 4. The molecular weight excluding hydrogens is 368 g/mol. The number of fused-ring (bicyclic) bond motifs is 1. The molecule has 2 aliphatic carbocycles. The number of nitrogens with one attached hydrogen (secondary N) is 2. The summed E-state index contributed by atoms with van der Waals surface area (Å²) in [6.45, 7) is 6.76. The molecule has 2 aromatic heterocycles. The van der Waals surface area contributed by atoms with E-state index in [4.69, 9.17) is 0 Å². The van der Waals surface area contributed by atoms with Crippen LogP contribution in [0.15, 0.2) is 15.7 Å². The van der Waals surface area contributed by atoms with Crippen LogP contribution < -0.4 is 16.6 Å². The quantitative estimate of drug-likeness (QED) is 0.809. The molecule has 2 N–H and O–H groups in total. The van der Waals surface area contributed by atoms with E-state index in [1.807, 2.05) is 6.92 Å². The molecule has 1 amide bonds. The van der Waals surface area contributed by atoms with Crippen molar-refractivity contribution in [3.05, 3.63) is 38.2 Å². The molecule has 2 unspecified atom stereocenters. The lowest BCUT2D eigenvalue weighted by Gasteiger charge is -2.35. The molecule has 4 rings (SSSR count). The van der Waals surface area contributed by atoms with Gasteiger partial charge in [0.25, 0.3) is 11.5 Å². The topological polar surface area (TPSA) is 96.9 Å². The second kappa shape index (κ2) is 7.76. The number of nitrogens with zero attached hydrogens (tertiary/aromatic N) is 2. The van der Waals surface area contributed by atoms with Gasteiger partial charge in [0.15, 0.2) is 5.65 Å². The van der Waals surface area contributed by atoms with Gasteiger partial charge in [0, 0.05) is 24.2 Å². The average Bonchev–Trinajstić information content (AvgIpc) is 3.52. The highest BCUT2D eigenvalue weighted by Crippen LogP contribution is 2.40. The SMILES string of the molecule is CCCn1c(=O)[nH]c(=O)c2c(C(=O)NC3C(C)CCCC3C)cc(C3CC3)nc21. The molecule has 7 nitrogen and oxygen atoms in total. The van der Waals surface area contributed by atoms with E-state index in [1.165, 1.54) is 11.0 Å². The predicted molar refractivity (Wildman–Crippen MR) is 112 cm³/mol. The van der Waals surface area contributed by atoms with Crippen molar-refractivity contribution in [3.8, 4) is 0 Å². The maximum absolute atomic E-state index is 13.3. The molecule has 0 bridgehead atoms. The van der Waals surface area contributed by atoms with Gasteiger partial charge in [0.05, 0.1) is 10.9 Å². The molecule has 2 atom stereocenters. The van der Waals surface area contributed by atoms with E-state index in [2.05, 4.69) is 29.1 Å². The zero-order valence-corrected chi connectivity index (χ0v) is 17.5. The summed E-state index contributed by atoms with van der Waals surface area (Å²) in [4.78, 5) is 45.5. The Hall–Kier alpha value is -2.44. The molecule has 2 heterocycles. The number of rotatable bonds is 5. The Bertz CT molecular complexity index is 1040. The van der Waals surface area contributed by atoms with Crippen LogP contribution in [0.1, 0.15) is 81.3 Å². The van der Waals surface area contributed by atoms with Gasteiger partial charge in [0.2, 0.25) is 0 Å². The molecule has 2 aromatic rings. The van der Waals surface area contributed by atoms with Crippen LogP contribution in [0.5, 0.6) is 0 Å². The van der Waals surface area contributed by atoms with Crippen LogP contribution in [0.25, 0.3) is 11.0 Å². The number of hydrogen-bond donors (Lipinski definition) is 2. The number of aromatic nitrogens is 3. The summed E-state index contributed by atoms with van der Waals surface area (Å²) in [5.41, 5.74) is 0.475. The minimum absolute atomic E-state index is 0.0875. The minimum atomic E-state index is -0.540. The first-order chi connectivity index (χ1) is 13.9. The highest BCUT2D eigenvalue weighted by molar-refractivity contribution is 6.05. The zero-order valence-electron chi connectivity index (χ0n) is 17.5. The molecule has 2 saturated carbocycles. The van der Waals surface area contributed by atoms with Crippen LogP contribution in [0, 0.1) is 11.8 Å². The van der Waals surface area contributed by atoms with Crippen molar-refractivity contribution in [2.24, 2.45) is 11.8 Å². The molecule has 29 heavy (non-hydrogen) atoms. The van der Waals surface area contributed by atoms with E-state index in [0.717, 1.165) is 37.8 Å². The normalized spacial score (nSPS) is 24.6. The summed E-state index contributed by atoms with van der Waals surface area (Å²) >= 11 is 0. The smallest absolute Gasteiger partial charge is 0.329 e. The summed E-state index contributed by atoms with van der Waals surface area (Å²) in [7, 11) is 0. The number of H-pyrrole nitrogens is 1. The number of aromatic amines is 1. The lowest BCUT2D eigenvalue weighted by Crippen LogP contribution is -2.46. The molecule has 0 saturated heterocycles. The lowest BCUT2D eigenvalue weighted by molar-refractivity contribution is 0.0882. The first-order valence-electron chi connectivity index (χ1n) is 10.9. The van der Waals surface area contributed by atoms with Crippen molar-refractivity contribution in [2.45, 2.75) is 77.8 Å². The van der Waals surface area contributed by atoms with E-state index < -0.39 is 11.2 Å². The molecule has 7 heteroatoms. The average molecular weight is 399 g/mol. The number of carbonyl (C=O) groups is 1.